The van der Waals surface area contributed by atoms with Crippen LogP contribution >= 0.6 is 0 Å². The number of aromatic hydroxyl groups is 2. The van der Waals surface area contributed by atoms with E-state index < -0.39 is 102 Å². The molecule has 2 aliphatic heterocycles. The third kappa shape index (κ3) is 11.4. The number of phenols is 2. The molecular formula is C30H47N13O8. The highest BCUT2D eigenvalue weighted by molar-refractivity contribution is 6.02. The highest BCUT2D eigenvalue weighted by Crippen LogP contribution is 2.31. The lowest BCUT2D eigenvalue weighted by atomic mass is 9.92. The zero-order chi connectivity index (χ0) is 37.8. The van der Waals surface area contributed by atoms with Crippen molar-refractivity contribution in [2.45, 2.75) is 74.9 Å². The van der Waals surface area contributed by atoms with Gasteiger partial charge in [-0.05, 0) is 50.4 Å². The second kappa shape index (κ2) is 18.4. The number of carbonyl (C=O) groups excluding carboxylic acids is 6. The van der Waals surface area contributed by atoms with E-state index in [0.717, 1.165) is 6.20 Å². The maximum atomic E-state index is 13.6. The molecular weight excluding hydrogens is 670 g/mol. The summed E-state index contributed by atoms with van der Waals surface area (Å²) in [5, 5.41) is 48.3. The minimum atomic E-state index is -1.49. The number of rotatable bonds is 9. The number of phenolic OH excluding ortho intramolecular Hbond substituents is 2. The summed E-state index contributed by atoms with van der Waals surface area (Å²) in [7, 11) is 0. The molecule has 1 aromatic rings. The number of benzene rings is 1. The maximum absolute atomic E-state index is 13.6. The lowest BCUT2D eigenvalue weighted by Gasteiger charge is -2.37. The second-order valence-electron chi connectivity index (χ2n) is 12.2. The number of guanidine groups is 1. The normalized spacial score (nSPS) is 26.7. The fourth-order valence-electron chi connectivity index (χ4n) is 5.24. The van der Waals surface area contributed by atoms with E-state index in [1.807, 2.05) is 0 Å². The third-order valence-corrected chi connectivity index (χ3v) is 8.13. The summed E-state index contributed by atoms with van der Waals surface area (Å²) in [6, 6.07) is -3.72. The first kappa shape index (κ1) is 39.8. The molecule has 21 nitrogen and oxygen atoms in total. The predicted molar refractivity (Wildman–Crippen MR) is 182 cm³/mol. The van der Waals surface area contributed by atoms with Gasteiger partial charge in [-0.2, -0.15) is 0 Å². The fraction of sp³-hybridized carbons (Fsp3) is 0.500. The molecule has 0 spiro atoms. The molecule has 2 unspecified atom stereocenters. The van der Waals surface area contributed by atoms with E-state index >= 15 is 0 Å². The molecule has 19 N–H and O–H groups in total. The van der Waals surface area contributed by atoms with E-state index in [9.17, 15) is 39.0 Å². The van der Waals surface area contributed by atoms with Crippen LogP contribution in [0.4, 0.5) is 0 Å². The van der Waals surface area contributed by atoms with Gasteiger partial charge in [0.1, 0.15) is 29.9 Å². The van der Waals surface area contributed by atoms with Crippen molar-refractivity contribution < 1.29 is 39.0 Å². The van der Waals surface area contributed by atoms with Gasteiger partial charge in [0.2, 0.25) is 29.5 Å². The van der Waals surface area contributed by atoms with Crippen molar-refractivity contribution in [3.05, 3.63) is 35.7 Å². The van der Waals surface area contributed by atoms with Crippen molar-refractivity contribution in [1.29, 1.82) is 5.41 Å². The largest absolute Gasteiger partial charge is 0.504 e. The van der Waals surface area contributed by atoms with Crippen molar-refractivity contribution >= 4 is 41.4 Å². The summed E-state index contributed by atoms with van der Waals surface area (Å²) >= 11 is 0. The molecule has 0 saturated carbocycles. The molecule has 0 aromatic heterocycles. The van der Waals surface area contributed by atoms with Gasteiger partial charge in [-0.1, -0.05) is 6.07 Å². The summed E-state index contributed by atoms with van der Waals surface area (Å²) in [4.78, 5) is 78.9. The Labute approximate surface area is 292 Å². The standard InChI is InChI=1S/C30H47N13O8/c1-13-25(47)40-20(12-36-23(46)8-15(33)3-2-6-31)28(50)39-19(10-32)27(49)43-24(29(51)37-11-16(34)26(48)38-13)18-9-17(41-30(35)42-18)14-4-5-21(44)22(45)7-14/h4-5,7,10,13,15-18,20,24,44-45H,2-3,6,8-9,11-12,31-34H2,1H3,(H,36,46)(H,37,51)(H,38,48)(H,39,50)(H,40,47)(H,43,49)(H3,35,41,42)/b19-10-/t13-,15-,16-,17?,18?,20-,24-/m0/s1. The Morgan fingerprint density at radius 2 is 1.75 bits per heavy atom. The minimum absolute atomic E-state index is 0.0345. The van der Waals surface area contributed by atoms with Gasteiger partial charge < -0.3 is 75.7 Å². The Balaban J connectivity index is 1.89. The molecule has 6 amide bonds. The van der Waals surface area contributed by atoms with Crippen LogP contribution in [0.5, 0.6) is 11.5 Å². The Bertz CT molecular complexity index is 1520. The molecule has 7 atom stereocenters. The van der Waals surface area contributed by atoms with Crippen molar-refractivity contribution in [2.75, 3.05) is 19.6 Å². The van der Waals surface area contributed by atoms with E-state index in [4.69, 9.17) is 28.3 Å². The number of hydrogen-bond donors (Lipinski definition) is 15. The number of hydrogen-bond acceptors (Lipinski definition) is 13. The maximum Gasteiger partial charge on any atom is 0.270 e. The van der Waals surface area contributed by atoms with Crippen LogP contribution in [-0.4, -0.2) is 108 Å². The van der Waals surface area contributed by atoms with Crippen LogP contribution in [0.25, 0.3) is 0 Å². The summed E-state index contributed by atoms with van der Waals surface area (Å²) in [6.45, 7) is 0.840. The van der Waals surface area contributed by atoms with E-state index in [2.05, 4.69) is 42.5 Å². The predicted octanol–water partition coefficient (Wildman–Crippen LogP) is -5.55. The van der Waals surface area contributed by atoms with E-state index in [1.54, 1.807) is 0 Å². The topological polar surface area (TPSA) is 367 Å². The van der Waals surface area contributed by atoms with Crippen molar-refractivity contribution in [3.8, 4) is 11.5 Å². The van der Waals surface area contributed by atoms with Crippen molar-refractivity contribution in [3.63, 3.8) is 0 Å². The van der Waals surface area contributed by atoms with Gasteiger partial charge in [0.25, 0.3) is 5.91 Å². The lowest BCUT2D eigenvalue weighted by Crippen LogP contribution is -2.65. The van der Waals surface area contributed by atoms with Gasteiger partial charge in [0, 0.05) is 31.8 Å². The smallest absolute Gasteiger partial charge is 0.270 e. The molecule has 21 heteroatoms. The first-order valence-electron chi connectivity index (χ1n) is 16.2. The molecule has 280 valence electrons. The van der Waals surface area contributed by atoms with Crippen LogP contribution in [0, 0.1) is 5.41 Å². The van der Waals surface area contributed by atoms with Crippen LogP contribution in [-0.2, 0) is 28.8 Å². The number of nitrogens with one attached hydrogen (secondary N) is 9. The van der Waals surface area contributed by atoms with E-state index in [0.29, 0.717) is 24.9 Å². The molecule has 2 heterocycles. The van der Waals surface area contributed by atoms with Gasteiger partial charge in [-0.3, -0.25) is 34.2 Å². The number of amides is 6. The molecule has 51 heavy (non-hydrogen) atoms. The lowest BCUT2D eigenvalue weighted by molar-refractivity contribution is -0.133. The first-order chi connectivity index (χ1) is 24.1. The first-order valence-corrected chi connectivity index (χ1v) is 16.2. The van der Waals surface area contributed by atoms with Gasteiger partial charge in [0.15, 0.2) is 17.5 Å². The van der Waals surface area contributed by atoms with Crippen LogP contribution in [0.15, 0.2) is 30.1 Å². The molecule has 0 radical (unpaired) electrons. The highest BCUT2D eigenvalue weighted by Gasteiger charge is 2.38. The molecule has 0 aliphatic carbocycles. The Hall–Kier alpha value is -5.67. The van der Waals surface area contributed by atoms with Crippen LogP contribution in [0.2, 0.25) is 0 Å². The molecule has 2 saturated heterocycles. The summed E-state index contributed by atoms with van der Waals surface area (Å²) in [6.07, 6.45) is 1.78. The van der Waals surface area contributed by atoms with Crippen LogP contribution in [0.3, 0.4) is 0 Å². The molecule has 2 fully saturated rings. The molecule has 1 aromatic carbocycles. The summed E-state index contributed by atoms with van der Waals surface area (Å²) in [5.74, 6) is -6.07. The van der Waals surface area contributed by atoms with Gasteiger partial charge in [-0.15, -0.1) is 0 Å². The zero-order valence-corrected chi connectivity index (χ0v) is 28.0. The summed E-state index contributed by atoms with van der Waals surface area (Å²) in [5.41, 5.74) is 23.1. The second-order valence-corrected chi connectivity index (χ2v) is 12.2. The monoisotopic (exact) mass is 717 g/mol. The molecule has 0 bridgehead atoms. The quantitative estimate of drug-likeness (QED) is 0.0837. The minimum Gasteiger partial charge on any atom is -0.504 e. The van der Waals surface area contributed by atoms with Gasteiger partial charge >= 0.3 is 0 Å². The fourth-order valence-corrected chi connectivity index (χ4v) is 5.24. The van der Waals surface area contributed by atoms with Crippen molar-refractivity contribution in [2.24, 2.45) is 22.9 Å². The van der Waals surface area contributed by atoms with E-state index in [-0.39, 0.29) is 24.6 Å². The van der Waals surface area contributed by atoms with Gasteiger partial charge in [0.05, 0.1) is 12.1 Å². The van der Waals surface area contributed by atoms with Crippen LogP contribution in [0.1, 0.15) is 44.2 Å². The zero-order valence-electron chi connectivity index (χ0n) is 28.0. The Morgan fingerprint density at radius 1 is 1.02 bits per heavy atom. The summed E-state index contributed by atoms with van der Waals surface area (Å²) < 4.78 is 0. The third-order valence-electron chi connectivity index (χ3n) is 8.13. The number of nitrogens with two attached hydrogens (primary N) is 4. The van der Waals surface area contributed by atoms with Crippen molar-refractivity contribution in [1.82, 2.24) is 42.5 Å². The van der Waals surface area contributed by atoms with Gasteiger partial charge in [-0.25, -0.2) is 0 Å². The highest BCUT2D eigenvalue weighted by atomic mass is 16.3. The average molecular weight is 718 g/mol. The molecule has 2 aliphatic rings. The average Bonchev–Trinajstić information content (AvgIpc) is 3.09. The Kier molecular flexibility index (Phi) is 14.3. The SMILES string of the molecule is C[C@@H]1NC(=O)[C@@H](N)CNC(=O)[C@H](C2CC(c3ccc(O)c(O)c3)NC(=N)N2)NC(=O)/C(=C/N)NC(=O)[C@H](CNC(=O)C[C@@H](N)CCCN)NC1=O. The van der Waals surface area contributed by atoms with Crippen LogP contribution < -0.4 is 65.5 Å². The molecule has 3 rings (SSSR count). The van der Waals surface area contributed by atoms with E-state index in [1.165, 1.54) is 25.1 Å². The Morgan fingerprint density at radius 3 is 2.41 bits per heavy atom. The number of carbonyl (C=O) groups is 6.